The number of rotatable bonds is 61. The van der Waals surface area contributed by atoms with Crippen molar-refractivity contribution in [3.05, 3.63) is 25.7 Å². The molecule has 0 saturated carbocycles. The van der Waals surface area contributed by atoms with E-state index in [0.717, 1.165) is 154 Å². The van der Waals surface area contributed by atoms with Crippen molar-refractivity contribution in [3.63, 3.8) is 0 Å². The second-order valence-corrected chi connectivity index (χ2v) is 30.1. The molecule has 1 unspecified atom stereocenters. The molecular formula is C57H120O24P6Ti. The molecule has 0 amide bonds. The Morgan fingerprint density at radius 1 is 0.375 bits per heavy atom. The fourth-order valence-corrected chi connectivity index (χ4v) is 14.2. The third-order valence-electron chi connectivity index (χ3n) is 12.7. The first-order chi connectivity index (χ1) is 41.2. The van der Waals surface area contributed by atoms with Crippen molar-refractivity contribution in [3.8, 4) is 0 Å². The van der Waals surface area contributed by atoms with E-state index in [2.05, 4.69) is 67.6 Å². The molecule has 0 bridgehead atoms. The van der Waals surface area contributed by atoms with Gasteiger partial charge in [0.05, 0.1) is 65.4 Å². The summed E-state index contributed by atoms with van der Waals surface area (Å²) in [5.74, 6) is 0. The molecule has 31 heteroatoms. The van der Waals surface area contributed by atoms with E-state index in [1.807, 2.05) is 0 Å². The van der Waals surface area contributed by atoms with E-state index in [9.17, 15) is 48.2 Å². The zero-order valence-corrected chi connectivity index (χ0v) is 61.9. The number of phosphoric acid groups is 6. The van der Waals surface area contributed by atoms with Gasteiger partial charge >= 0.3 is 61.9 Å². The fourth-order valence-electron chi connectivity index (χ4n) is 7.65. The zero-order chi connectivity index (χ0) is 66.5. The third kappa shape index (κ3) is 76.0. The first-order valence-electron chi connectivity index (χ1n) is 32.2. The number of unbranched alkanes of at least 4 members (excludes halogenated alkanes) is 30. The van der Waals surface area contributed by atoms with Gasteiger partial charge in [0.2, 0.25) is 0 Å². The summed E-state index contributed by atoms with van der Waals surface area (Å²) < 4.78 is 85.1. The molecule has 0 fully saturated rings. The monoisotopic (exact) mass is 1420 g/mol. The maximum atomic E-state index is 12.3. The van der Waals surface area contributed by atoms with Gasteiger partial charge in [-0.1, -0.05) is 265 Å². The third-order valence-corrected chi connectivity index (χ3v) is 20.5. The SMILES string of the molecule is C=COCC([O-])(CC)COC=C.CCCCCCCCO[P+]([O-])(OCCCCCCCC)OP(=O)(O)O.CCCCCCCCO[P+]([O-])(OCCCCCCCC)OP(=O)([O-])O.CCCCCCCCO[P+]([O-])(OCCCCCCCC)OP(=O)([O-])[O-].[Ti+4]. The summed E-state index contributed by atoms with van der Waals surface area (Å²) >= 11 is 0. The topological polar surface area (TPSA) is 375 Å². The van der Waals surface area contributed by atoms with Gasteiger partial charge in [-0.25, -0.2) is 4.57 Å². The van der Waals surface area contributed by atoms with Gasteiger partial charge in [-0.05, 0) is 44.1 Å². The van der Waals surface area contributed by atoms with E-state index in [-0.39, 0.29) is 74.6 Å². The minimum atomic E-state index is -5.44. The summed E-state index contributed by atoms with van der Waals surface area (Å²) in [5.41, 5.74) is -1.19. The molecule has 0 heterocycles. The van der Waals surface area contributed by atoms with Crippen molar-refractivity contribution in [2.45, 2.75) is 292 Å². The Labute approximate surface area is 549 Å². The predicted molar refractivity (Wildman–Crippen MR) is 335 cm³/mol. The standard InChI is InChI=1S/3C16H36O7P2.C9H15O3.Ti/c3*1-3-5-7-9-11-13-15-21-25(20,23-24(17,18)19)22-16-14-12-10-8-6-4-2;1-4-9(10,7-11-5-2)8-12-6-3;/h3*3-16H2,1-2H3,(H2,17,18,19);5-6H,2-4,7-8H2,1H3;/q;;;-1;+4/p-3. The van der Waals surface area contributed by atoms with E-state index < -0.39 is 53.6 Å². The molecule has 0 radical (unpaired) electrons. The normalized spacial score (nSPS) is 12.8. The Balaban J connectivity index is -0.000000356. The summed E-state index contributed by atoms with van der Waals surface area (Å²) in [6.45, 7) is 21.9. The largest absolute Gasteiger partial charge is 4.00 e. The van der Waals surface area contributed by atoms with E-state index in [0.29, 0.717) is 44.9 Å². The van der Waals surface area contributed by atoms with Gasteiger partial charge in [0.15, 0.2) is 0 Å². The molecule has 3 N–H and O–H groups in total. The van der Waals surface area contributed by atoms with Gasteiger partial charge in [-0.3, -0.25) is 4.57 Å². The van der Waals surface area contributed by atoms with Crippen LogP contribution >= 0.6 is 48.0 Å². The molecule has 526 valence electrons. The Hall–Kier alpha value is 1.01. The molecule has 24 nitrogen and oxygen atoms in total. The van der Waals surface area contributed by atoms with Crippen molar-refractivity contribution in [2.24, 2.45) is 0 Å². The van der Waals surface area contributed by atoms with Crippen LogP contribution in [0.15, 0.2) is 25.7 Å². The van der Waals surface area contributed by atoms with Gasteiger partial charge in [0.1, 0.15) is 7.82 Å². The second-order valence-electron chi connectivity index (χ2n) is 21.1. The van der Waals surface area contributed by atoms with Crippen molar-refractivity contribution < 1.29 is 134 Å². The summed E-state index contributed by atoms with van der Waals surface area (Å²) in [7, 11) is -28.4. The number of hydrogen-bond donors (Lipinski definition) is 3. The van der Waals surface area contributed by atoms with Crippen LogP contribution in [0.25, 0.3) is 0 Å². The predicted octanol–water partition coefficient (Wildman–Crippen LogP) is 13.6. The molecule has 0 spiro atoms. The number of ether oxygens (including phenoxy) is 2. The van der Waals surface area contributed by atoms with Crippen LogP contribution in [0, 0.1) is 0 Å². The van der Waals surface area contributed by atoms with Crippen molar-refractivity contribution in [2.75, 3.05) is 52.9 Å². The smallest absolute Gasteiger partial charge is 0.845 e. The van der Waals surface area contributed by atoms with E-state index in [1.165, 1.54) is 51.0 Å². The zero-order valence-electron chi connectivity index (χ0n) is 55.0. The maximum absolute atomic E-state index is 12.3. The Morgan fingerprint density at radius 3 is 0.761 bits per heavy atom. The van der Waals surface area contributed by atoms with E-state index in [1.54, 1.807) is 6.92 Å². The first kappa shape index (κ1) is 97.7. The van der Waals surface area contributed by atoms with Crippen molar-refractivity contribution in [1.82, 2.24) is 0 Å². The van der Waals surface area contributed by atoms with Gasteiger partial charge < -0.3 is 63.2 Å². The number of hydrogen-bond acceptors (Lipinski definition) is 21. The summed E-state index contributed by atoms with van der Waals surface area (Å²) in [4.78, 5) is 96.0. The Morgan fingerprint density at radius 2 is 0.580 bits per heavy atom. The van der Waals surface area contributed by atoms with Crippen LogP contribution in [-0.4, -0.2) is 73.1 Å². The van der Waals surface area contributed by atoms with Gasteiger partial charge in [0.25, 0.3) is 0 Å². The Bertz CT molecular complexity index is 1430. The number of phosphoric ester groups is 3. The van der Waals surface area contributed by atoms with Gasteiger partial charge in [-0.2, -0.15) is 31.5 Å². The molecule has 0 aromatic rings. The molecule has 0 aliphatic rings. The van der Waals surface area contributed by atoms with Crippen LogP contribution in [0.1, 0.15) is 286 Å². The molecule has 0 rings (SSSR count). The van der Waals surface area contributed by atoms with E-state index >= 15 is 0 Å². The molecule has 0 aromatic heterocycles. The first-order valence-corrected chi connectivity index (χ1v) is 41.1. The summed E-state index contributed by atoms with van der Waals surface area (Å²) in [5, 5.41) is 11.6. The maximum Gasteiger partial charge on any atom is 4.00 e. The summed E-state index contributed by atoms with van der Waals surface area (Å²) in [6, 6.07) is 0. The molecular weight excluding hydrogens is 1300 g/mol. The molecule has 0 aromatic carbocycles. The minimum Gasteiger partial charge on any atom is -0.845 e. The molecule has 0 aliphatic heterocycles. The average Bonchev–Trinajstić information content (AvgIpc) is 3.57. The van der Waals surface area contributed by atoms with Crippen LogP contribution < -0.4 is 34.5 Å². The van der Waals surface area contributed by atoms with Crippen LogP contribution in [0.4, 0.5) is 0 Å². The van der Waals surface area contributed by atoms with Gasteiger partial charge in [-0.15, -0.1) is 4.31 Å². The molecule has 0 saturated heterocycles. The average molecular weight is 1420 g/mol. The summed E-state index contributed by atoms with van der Waals surface area (Å²) in [6.07, 6.45) is 39.1. The Kier molecular flexibility index (Phi) is 72.5. The fraction of sp³-hybridized carbons (Fsp3) is 0.930. The molecule has 0 aliphatic carbocycles. The van der Waals surface area contributed by atoms with Crippen LogP contribution in [0.3, 0.4) is 0 Å². The van der Waals surface area contributed by atoms with Crippen LogP contribution in [-0.2, 0) is 85.0 Å². The van der Waals surface area contributed by atoms with Gasteiger partial charge in [0, 0.05) is 0 Å². The molecule has 1 atom stereocenters. The van der Waals surface area contributed by atoms with E-state index in [4.69, 9.17) is 51.3 Å². The van der Waals surface area contributed by atoms with Crippen LogP contribution in [0.2, 0.25) is 0 Å². The molecule has 88 heavy (non-hydrogen) atoms. The van der Waals surface area contributed by atoms with Crippen molar-refractivity contribution in [1.29, 1.82) is 0 Å². The quantitative estimate of drug-likeness (QED) is 0.0220. The second kappa shape index (κ2) is 65.3. The minimum absolute atomic E-state index is 0. The van der Waals surface area contributed by atoms with Crippen LogP contribution in [0.5, 0.6) is 0 Å². The van der Waals surface area contributed by atoms with Crippen molar-refractivity contribution >= 4 is 48.0 Å².